The molecule has 0 aromatic heterocycles. The van der Waals surface area contributed by atoms with Crippen LogP contribution in [-0.2, 0) is 5.60 Å². The minimum Gasteiger partial charge on any atom is -0.504 e. The molecule has 15 heavy (non-hydrogen) atoms. The van der Waals surface area contributed by atoms with Gasteiger partial charge in [0.25, 0.3) is 0 Å². The molecule has 2 N–H and O–H groups in total. The van der Waals surface area contributed by atoms with E-state index in [0.717, 1.165) is 0 Å². The minimum atomic E-state index is -1.11. The second-order valence-corrected chi connectivity index (χ2v) is 4.49. The second kappa shape index (κ2) is 3.35. The molecule has 0 bridgehead atoms. The molecule has 1 aromatic carbocycles. The fourth-order valence-electron chi connectivity index (χ4n) is 1.58. The highest BCUT2D eigenvalue weighted by atomic mass is 79.9. The van der Waals surface area contributed by atoms with E-state index in [-0.39, 0.29) is 17.1 Å². The Bertz CT molecular complexity index is 416. The first-order chi connectivity index (χ1) is 6.99. The maximum atomic E-state index is 13.9. The van der Waals surface area contributed by atoms with Crippen LogP contribution in [0.1, 0.15) is 18.4 Å². The predicted molar refractivity (Wildman–Crippen MR) is 55.4 cm³/mol. The van der Waals surface area contributed by atoms with Gasteiger partial charge in [-0.3, -0.25) is 0 Å². The van der Waals surface area contributed by atoms with Crippen LogP contribution in [0.4, 0.5) is 4.39 Å². The summed E-state index contributed by atoms with van der Waals surface area (Å²) in [7, 11) is 1.27. The van der Waals surface area contributed by atoms with E-state index in [2.05, 4.69) is 15.9 Å². The number of aliphatic hydroxyl groups is 1. The summed E-state index contributed by atoms with van der Waals surface area (Å²) in [5, 5.41) is 19.3. The lowest BCUT2D eigenvalue weighted by molar-refractivity contribution is 0.144. The molecule has 1 saturated carbocycles. The van der Waals surface area contributed by atoms with Crippen molar-refractivity contribution in [1.82, 2.24) is 0 Å². The number of ether oxygens (including phenoxy) is 1. The minimum absolute atomic E-state index is 0.164. The maximum Gasteiger partial charge on any atom is 0.197 e. The van der Waals surface area contributed by atoms with Crippen LogP contribution in [-0.4, -0.2) is 17.3 Å². The Labute approximate surface area is 94.6 Å². The van der Waals surface area contributed by atoms with Gasteiger partial charge in [-0.15, -0.1) is 0 Å². The molecule has 0 aliphatic heterocycles. The molecule has 3 nitrogen and oxygen atoms in total. The molecule has 0 heterocycles. The van der Waals surface area contributed by atoms with Crippen molar-refractivity contribution < 1.29 is 19.3 Å². The van der Waals surface area contributed by atoms with E-state index >= 15 is 0 Å². The number of aromatic hydroxyl groups is 1. The second-order valence-electron chi connectivity index (χ2n) is 3.63. The zero-order valence-electron chi connectivity index (χ0n) is 8.05. The number of rotatable bonds is 2. The third-order valence-corrected chi connectivity index (χ3v) is 3.17. The highest BCUT2D eigenvalue weighted by Crippen LogP contribution is 2.51. The van der Waals surface area contributed by atoms with Crippen molar-refractivity contribution in [3.05, 3.63) is 21.9 Å². The average molecular weight is 277 g/mol. The van der Waals surface area contributed by atoms with Gasteiger partial charge in [0.05, 0.1) is 12.7 Å². The van der Waals surface area contributed by atoms with Gasteiger partial charge >= 0.3 is 0 Å². The lowest BCUT2D eigenvalue weighted by Crippen LogP contribution is -2.09. The van der Waals surface area contributed by atoms with Crippen molar-refractivity contribution >= 4 is 15.9 Å². The van der Waals surface area contributed by atoms with Crippen molar-refractivity contribution in [2.75, 3.05) is 7.11 Å². The van der Waals surface area contributed by atoms with Crippen LogP contribution >= 0.6 is 15.9 Å². The van der Waals surface area contributed by atoms with E-state index in [4.69, 9.17) is 4.74 Å². The van der Waals surface area contributed by atoms with E-state index in [1.54, 1.807) is 0 Å². The summed E-state index contributed by atoms with van der Waals surface area (Å²) in [6.45, 7) is 0. The molecule has 0 amide bonds. The third kappa shape index (κ3) is 1.59. The quantitative estimate of drug-likeness (QED) is 0.872. The standard InChI is InChI=1S/C10H10BrFO3/c1-15-9-6(13)4-5(11)7(8(9)12)10(14)2-3-10/h4,13-14H,2-3H2,1H3. The van der Waals surface area contributed by atoms with Crippen LogP contribution in [0, 0.1) is 5.82 Å². The Morgan fingerprint density at radius 2 is 2.13 bits per heavy atom. The van der Waals surface area contributed by atoms with Crippen molar-refractivity contribution in [3.63, 3.8) is 0 Å². The molecule has 0 atom stereocenters. The van der Waals surface area contributed by atoms with Crippen molar-refractivity contribution in [3.8, 4) is 11.5 Å². The van der Waals surface area contributed by atoms with Gasteiger partial charge in [-0.1, -0.05) is 15.9 Å². The lowest BCUT2D eigenvalue weighted by atomic mass is 10.1. The summed E-state index contributed by atoms with van der Waals surface area (Å²) in [6.07, 6.45) is 1.05. The maximum absolute atomic E-state index is 13.9. The number of phenolic OH excluding ortho intramolecular Hbond substituents is 1. The van der Waals surface area contributed by atoms with Crippen molar-refractivity contribution in [2.24, 2.45) is 0 Å². The van der Waals surface area contributed by atoms with Gasteiger partial charge < -0.3 is 14.9 Å². The van der Waals surface area contributed by atoms with Crippen LogP contribution < -0.4 is 4.74 Å². The number of benzene rings is 1. The van der Waals surface area contributed by atoms with Crippen LogP contribution in [0.3, 0.4) is 0 Å². The van der Waals surface area contributed by atoms with E-state index in [1.807, 2.05) is 0 Å². The summed E-state index contributed by atoms with van der Waals surface area (Å²) >= 11 is 3.12. The monoisotopic (exact) mass is 276 g/mol. The van der Waals surface area contributed by atoms with Crippen LogP contribution in [0.5, 0.6) is 11.5 Å². The van der Waals surface area contributed by atoms with Gasteiger partial charge in [0.1, 0.15) is 0 Å². The van der Waals surface area contributed by atoms with E-state index < -0.39 is 11.4 Å². The van der Waals surface area contributed by atoms with Gasteiger partial charge in [0.15, 0.2) is 17.3 Å². The first-order valence-electron chi connectivity index (χ1n) is 4.47. The van der Waals surface area contributed by atoms with Crippen LogP contribution in [0.15, 0.2) is 10.5 Å². The topological polar surface area (TPSA) is 49.7 Å². The molecule has 0 radical (unpaired) electrons. The number of halogens is 2. The molecule has 1 fully saturated rings. The Kier molecular flexibility index (Phi) is 2.39. The van der Waals surface area contributed by atoms with Crippen LogP contribution in [0.25, 0.3) is 0 Å². The molecule has 2 rings (SSSR count). The zero-order valence-corrected chi connectivity index (χ0v) is 9.64. The van der Waals surface area contributed by atoms with E-state index in [0.29, 0.717) is 17.3 Å². The molecule has 5 heteroatoms. The molecular formula is C10H10BrFO3. The Hall–Kier alpha value is -0.810. The van der Waals surface area contributed by atoms with Gasteiger partial charge in [0.2, 0.25) is 0 Å². The molecule has 0 unspecified atom stereocenters. The smallest absolute Gasteiger partial charge is 0.197 e. The highest BCUT2D eigenvalue weighted by molar-refractivity contribution is 9.10. The Balaban J connectivity index is 2.64. The Morgan fingerprint density at radius 1 is 1.53 bits per heavy atom. The van der Waals surface area contributed by atoms with E-state index in [1.165, 1.54) is 13.2 Å². The predicted octanol–water partition coefficient (Wildman–Crippen LogP) is 2.28. The van der Waals surface area contributed by atoms with Gasteiger partial charge in [-0.25, -0.2) is 4.39 Å². The molecule has 0 spiro atoms. The molecule has 1 aliphatic carbocycles. The van der Waals surface area contributed by atoms with E-state index in [9.17, 15) is 14.6 Å². The summed E-state index contributed by atoms with van der Waals surface area (Å²) in [5.74, 6) is -1.22. The van der Waals surface area contributed by atoms with Gasteiger partial charge in [0, 0.05) is 10.0 Å². The SMILES string of the molecule is COc1c(O)cc(Br)c(C2(O)CC2)c1F. The van der Waals surface area contributed by atoms with Crippen molar-refractivity contribution in [1.29, 1.82) is 0 Å². The fraction of sp³-hybridized carbons (Fsp3) is 0.400. The third-order valence-electron chi connectivity index (χ3n) is 2.55. The molecule has 82 valence electrons. The van der Waals surface area contributed by atoms with Crippen LogP contribution in [0.2, 0.25) is 0 Å². The molecule has 1 aromatic rings. The lowest BCUT2D eigenvalue weighted by Gasteiger charge is -2.15. The summed E-state index contributed by atoms with van der Waals surface area (Å²) in [5.41, 5.74) is -0.943. The van der Waals surface area contributed by atoms with Gasteiger partial charge in [-0.05, 0) is 18.9 Å². The average Bonchev–Trinajstić information content (AvgIpc) is 2.83. The number of phenols is 1. The summed E-state index contributed by atoms with van der Waals surface area (Å²) < 4.78 is 19.0. The fourth-order valence-corrected chi connectivity index (χ4v) is 2.34. The Morgan fingerprint density at radius 3 is 2.60 bits per heavy atom. The number of methoxy groups -OCH3 is 1. The zero-order chi connectivity index (χ0) is 11.2. The molecule has 0 saturated heterocycles. The molecular weight excluding hydrogens is 267 g/mol. The normalized spacial score (nSPS) is 17.6. The number of hydrogen-bond donors (Lipinski definition) is 2. The number of hydrogen-bond acceptors (Lipinski definition) is 3. The summed E-state index contributed by atoms with van der Waals surface area (Å²) in [4.78, 5) is 0. The molecule has 1 aliphatic rings. The van der Waals surface area contributed by atoms with Gasteiger partial charge in [-0.2, -0.15) is 0 Å². The highest BCUT2D eigenvalue weighted by Gasteiger charge is 2.46. The summed E-state index contributed by atoms with van der Waals surface area (Å²) in [6, 6.07) is 1.33. The largest absolute Gasteiger partial charge is 0.504 e. The first kappa shape index (κ1) is 10.7. The van der Waals surface area contributed by atoms with Crippen molar-refractivity contribution in [2.45, 2.75) is 18.4 Å². The first-order valence-corrected chi connectivity index (χ1v) is 5.27.